The van der Waals surface area contributed by atoms with Crippen LogP contribution >= 0.6 is 35.3 Å². The number of thiophene rings is 1. The first-order valence-electron chi connectivity index (χ1n) is 8.50. The minimum atomic E-state index is 0. The number of hydrogen-bond donors (Lipinski definition) is 2. The van der Waals surface area contributed by atoms with Crippen molar-refractivity contribution in [2.45, 2.75) is 45.1 Å². The van der Waals surface area contributed by atoms with Gasteiger partial charge in [0.1, 0.15) is 0 Å². The molecular weight excluding hydrogens is 419 g/mol. The third kappa shape index (κ3) is 7.85. The lowest BCUT2D eigenvalue weighted by atomic mass is 10.0. The van der Waals surface area contributed by atoms with E-state index < -0.39 is 0 Å². The Kier molecular flexibility index (Phi) is 10.9. The first kappa shape index (κ1) is 20.7. The van der Waals surface area contributed by atoms with Crippen molar-refractivity contribution in [2.24, 2.45) is 4.99 Å². The van der Waals surface area contributed by atoms with E-state index in [1.165, 1.54) is 43.6 Å². The largest absolute Gasteiger partial charge is 0.356 e. The van der Waals surface area contributed by atoms with Crippen LogP contribution in [0.4, 0.5) is 0 Å². The maximum Gasteiger partial charge on any atom is 0.190 e. The quantitative estimate of drug-likeness (QED) is 0.290. The summed E-state index contributed by atoms with van der Waals surface area (Å²) in [7, 11) is 1.84. The fourth-order valence-corrected chi connectivity index (χ4v) is 3.67. The first-order chi connectivity index (χ1) is 10.8. The first-order valence-corrected chi connectivity index (χ1v) is 9.38. The zero-order valence-electron chi connectivity index (χ0n) is 14.4. The van der Waals surface area contributed by atoms with Crippen molar-refractivity contribution in [1.82, 2.24) is 15.5 Å². The lowest BCUT2D eigenvalue weighted by Crippen LogP contribution is -2.41. The van der Waals surface area contributed by atoms with E-state index in [-0.39, 0.29) is 24.0 Å². The van der Waals surface area contributed by atoms with Gasteiger partial charge < -0.3 is 15.5 Å². The zero-order chi connectivity index (χ0) is 15.6. The summed E-state index contributed by atoms with van der Waals surface area (Å²) < 4.78 is 0. The molecule has 0 spiro atoms. The Bertz CT molecular complexity index is 436. The van der Waals surface area contributed by atoms with Gasteiger partial charge in [0.25, 0.3) is 0 Å². The van der Waals surface area contributed by atoms with Gasteiger partial charge in [0.15, 0.2) is 5.96 Å². The molecule has 1 aromatic rings. The van der Waals surface area contributed by atoms with Crippen LogP contribution in [0.1, 0.15) is 37.5 Å². The molecule has 0 bridgehead atoms. The van der Waals surface area contributed by atoms with Gasteiger partial charge in [0.2, 0.25) is 0 Å². The summed E-state index contributed by atoms with van der Waals surface area (Å²) in [5, 5.41) is 8.94. The van der Waals surface area contributed by atoms with Gasteiger partial charge in [-0.15, -0.1) is 35.3 Å². The van der Waals surface area contributed by atoms with E-state index in [2.05, 4.69) is 45.0 Å². The molecule has 0 amide bonds. The average Bonchev–Trinajstić information content (AvgIpc) is 3.04. The Morgan fingerprint density at radius 2 is 2.17 bits per heavy atom. The molecule has 2 rings (SSSR count). The standard InChI is InChI=1S/C17H30N4S.HI/c1-15-7-3-4-12-21(15)13-6-10-19-17(18-2)20-11-9-16-8-5-14-22-16;/h5,8,14-15H,3-4,6-7,9-13H2,1-2H3,(H2,18,19,20);1H. The maximum absolute atomic E-state index is 4.29. The van der Waals surface area contributed by atoms with Crippen molar-refractivity contribution >= 4 is 41.3 Å². The Hall–Kier alpha value is -0.340. The van der Waals surface area contributed by atoms with Crippen LogP contribution in [0.2, 0.25) is 0 Å². The molecule has 2 N–H and O–H groups in total. The summed E-state index contributed by atoms with van der Waals surface area (Å²) in [4.78, 5) is 8.33. The van der Waals surface area contributed by atoms with Crippen molar-refractivity contribution in [3.05, 3.63) is 22.4 Å². The number of piperidine rings is 1. The monoisotopic (exact) mass is 450 g/mol. The summed E-state index contributed by atoms with van der Waals surface area (Å²) in [6, 6.07) is 5.05. The summed E-state index contributed by atoms with van der Waals surface area (Å²) in [5.74, 6) is 0.920. The molecule has 1 unspecified atom stereocenters. The van der Waals surface area contributed by atoms with Crippen molar-refractivity contribution in [2.75, 3.05) is 33.2 Å². The van der Waals surface area contributed by atoms with Gasteiger partial charge in [-0.3, -0.25) is 4.99 Å². The minimum Gasteiger partial charge on any atom is -0.356 e. The molecule has 2 heterocycles. The molecule has 1 saturated heterocycles. The molecule has 1 atom stereocenters. The molecule has 1 aliphatic heterocycles. The highest BCUT2D eigenvalue weighted by atomic mass is 127. The highest BCUT2D eigenvalue weighted by Gasteiger charge is 2.16. The third-order valence-corrected chi connectivity index (χ3v) is 5.26. The van der Waals surface area contributed by atoms with E-state index in [0.717, 1.165) is 31.5 Å². The van der Waals surface area contributed by atoms with Crippen LogP contribution in [0.3, 0.4) is 0 Å². The summed E-state index contributed by atoms with van der Waals surface area (Å²) in [5.41, 5.74) is 0. The van der Waals surface area contributed by atoms with Crippen molar-refractivity contribution in [1.29, 1.82) is 0 Å². The predicted octanol–water partition coefficient (Wildman–Crippen LogP) is 3.34. The third-order valence-electron chi connectivity index (χ3n) is 4.32. The van der Waals surface area contributed by atoms with Gasteiger partial charge in [0.05, 0.1) is 0 Å². The Morgan fingerprint density at radius 3 is 2.87 bits per heavy atom. The van der Waals surface area contributed by atoms with Crippen LogP contribution in [-0.4, -0.2) is 50.1 Å². The summed E-state index contributed by atoms with van der Waals surface area (Å²) in [6.07, 6.45) is 6.36. The molecule has 4 nitrogen and oxygen atoms in total. The minimum absolute atomic E-state index is 0. The van der Waals surface area contributed by atoms with Gasteiger partial charge >= 0.3 is 0 Å². The topological polar surface area (TPSA) is 39.7 Å². The van der Waals surface area contributed by atoms with Gasteiger partial charge in [-0.05, 0) is 50.6 Å². The molecule has 132 valence electrons. The lowest BCUT2D eigenvalue weighted by molar-refractivity contribution is 0.159. The van der Waals surface area contributed by atoms with E-state index in [1.807, 2.05) is 18.4 Å². The van der Waals surface area contributed by atoms with Crippen LogP contribution in [0.5, 0.6) is 0 Å². The fourth-order valence-electron chi connectivity index (χ4n) is 2.96. The van der Waals surface area contributed by atoms with Crippen LogP contribution in [0.15, 0.2) is 22.5 Å². The van der Waals surface area contributed by atoms with E-state index in [0.29, 0.717) is 0 Å². The predicted molar refractivity (Wildman–Crippen MR) is 112 cm³/mol. The Labute approximate surface area is 162 Å². The number of rotatable bonds is 7. The van der Waals surface area contributed by atoms with Gasteiger partial charge in [-0.25, -0.2) is 0 Å². The van der Waals surface area contributed by atoms with Gasteiger partial charge in [0, 0.05) is 37.6 Å². The lowest BCUT2D eigenvalue weighted by Gasteiger charge is -2.33. The molecular formula is C17H31IN4S. The number of guanidine groups is 1. The smallest absolute Gasteiger partial charge is 0.190 e. The molecule has 0 radical (unpaired) electrons. The molecule has 1 fully saturated rings. The number of aliphatic imine (C=N–C) groups is 1. The Balaban J connectivity index is 0.00000264. The van der Waals surface area contributed by atoms with Crippen LogP contribution in [0, 0.1) is 0 Å². The summed E-state index contributed by atoms with van der Waals surface area (Å²) in [6.45, 7) is 6.75. The normalized spacial score (nSPS) is 19.2. The number of nitrogens with zero attached hydrogens (tertiary/aromatic N) is 2. The SMILES string of the molecule is CN=C(NCCCN1CCCCC1C)NCCc1cccs1.I. The number of hydrogen-bond acceptors (Lipinski definition) is 3. The average molecular weight is 450 g/mol. The van der Waals surface area contributed by atoms with E-state index in [9.17, 15) is 0 Å². The number of halogens is 1. The van der Waals surface area contributed by atoms with Crippen LogP contribution < -0.4 is 10.6 Å². The number of nitrogens with one attached hydrogen (secondary N) is 2. The van der Waals surface area contributed by atoms with Crippen molar-refractivity contribution < 1.29 is 0 Å². The fraction of sp³-hybridized carbons (Fsp3) is 0.706. The second kappa shape index (κ2) is 12.1. The molecule has 23 heavy (non-hydrogen) atoms. The van der Waals surface area contributed by atoms with Crippen molar-refractivity contribution in [3.8, 4) is 0 Å². The Morgan fingerprint density at radius 1 is 1.35 bits per heavy atom. The highest BCUT2D eigenvalue weighted by Crippen LogP contribution is 2.16. The van der Waals surface area contributed by atoms with E-state index >= 15 is 0 Å². The van der Waals surface area contributed by atoms with Gasteiger partial charge in [-0.1, -0.05) is 12.5 Å². The van der Waals surface area contributed by atoms with Crippen LogP contribution in [-0.2, 0) is 6.42 Å². The molecule has 0 saturated carbocycles. The summed E-state index contributed by atoms with van der Waals surface area (Å²) >= 11 is 1.81. The van der Waals surface area contributed by atoms with Gasteiger partial charge in [-0.2, -0.15) is 0 Å². The van der Waals surface area contributed by atoms with E-state index in [4.69, 9.17) is 0 Å². The number of likely N-dealkylation sites (tertiary alicyclic amines) is 1. The second-order valence-electron chi connectivity index (χ2n) is 5.99. The van der Waals surface area contributed by atoms with Crippen LogP contribution in [0.25, 0.3) is 0 Å². The molecule has 1 aromatic heterocycles. The second-order valence-corrected chi connectivity index (χ2v) is 7.02. The molecule has 0 aliphatic carbocycles. The van der Waals surface area contributed by atoms with Crippen molar-refractivity contribution in [3.63, 3.8) is 0 Å². The van der Waals surface area contributed by atoms with E-state index in [1.54, 1.807) is 0 Å². The highest BCUT2D eigenvalue weighted by molar-refractivity contribution is 14.0. The zero-order valence-corrected chi connectivity index (χ0v) is 17.5. The molecule has 1 aliphatic rings. The molecule has 0 aromatic carbocycles. The maximum atomic E-state index is 4.29. The molecule has 6 heteroatoms.